The molecule has 0 aliphatic rings. The van der Waals surface area contributed by atoms with Crippen LogP contribution in [0.15, 0.2) is 42.6 Å². The Labute approximate surface area is 112 Å². The van der Waals surface area contributed by atoms with Crippen LogP contribution in [0.2, 0.25) is 0 Å². The maximum Gasteiger partial charge on any atom is 0.268 e. The molecule has 0 aliphatic heterocycles. The SMILES string of the molecule is CC(NC(=O)c1cccn1C)c1ccc(C#N)cc1. The number of hydrogen-bond acceptors (Lipinski definition) is 2. The topological polar surface area (TPSA) is 57.8 Å². The molecule has 0 saturated heterocycles. The van der Waals surface area contributed by atoms with Gasteiger partial charge in [-0.15, -0.1) is 0 Å². The first-order chi connectivity index (χ1) is 9.11. The lowest BCUT2D eigenvalue weighted by atomic mass is 10.1. The summed E-state index contributed by atoms with van der Waals surface area (Å²) >= 11 is 0. The predicted molar refractivity (Wildman–Crippen MR) is 72.5 cm³/mol. The second kappa shape index (κ2) is 5.40. The van der Waals surface area contributed by atoms with Crippen LogP contribution in [0.1, 0.15) is 34.6 Å². The Morgan fingerprint density at radius 3 is 2.53 bits per heavy atom. The number of rotatable bonds is 3. The number of aryl methyl sites for hydroxylation is 1. The molecule has 1 amide bonds. The molecule has 0 saturated carbocycles. The first kappa shape index (κ1) is 12.9. The van der Waals surface area contributed by atoms with Crippen LogP contribution in [0.4, 0.5) is 0 Å². The molecular weight excluding hydrogens is 238 g/mol. The smallest absolute Gasteiger partial charge is 0.268 e. The molecule has 1 N–H and O–H groups in total. The first-order valence-electron chi connectivity index (χ1n) is 6.04. The van der Waals surface area contributed by atoms with Crippen molar-refractivity contribution < 1.29 is 4.79 Å². The zero-order valence-electron chi connectivity index (χ0n) is 10.9. The molecule has 2 rings (SSSR count). The Morgan fingerprint density at radius 1 is 1.32 bits per heavy atom. The fourth-order valence-electron chi connectivity index (χ4n) is 1.90. The highest BCUT2D eigenvalue weighted by Crippen LogP contribution is 2.14. The Bertz CT molecular complexity index is 620. The molecule has 1 atom stereocenters. The van der Waals surface area contributed by atoms with Crippen molar-refractivity contribution in [3.63, 3.8) is 0 Å². The molecule has 0 spiro atoms. The third-order valence-corrected chi connectivity index (χ3v) is 3.06. The molecule has 19 heavy (non-hydrogen) atoms. The molecular formula is C15H15N3O. The second-order valence-corrected chi connectivity index (χ2v) is 4.43. The minimum Gasteiger partial charge on any atom is -0.347 e. The minimum atomic E-state index is -0.107. The fraction of sp³-hybridized carbons (Fsp3) is 0.200. The van der Waals surface area contributed by atoms with Gasteiger partial charge in [-0.05, 0) is 36.8 Å². The van der Waals surface area contributed by atoms with Crippen LogP contribution in [0, 0.1) is 11.3 Å². The highest BCUT2D eigenvalue weighted by Gasteiger charge is 2.13. The van der Waals surface area contributed by atoms with Crippen LogP contribution in [0.25, 0.3) is 0 Å². The lowest BCUT2D eigenvalue weighted by Gasteiger charge is -2.14. The summed E-state index contributed by atoms with van der Waals surface area (Å²) in [6.45, 7) is 1.92. The Kier molecular flexibility index (Phi) is 3.67. The molecule has 4 nitrogen and oxygen atoms in total. The van der Waals surface area contributed by atoms with Gasteiger partial charge < -0.3 is 9.88 Å². The lowest BCUT2D eigenvalue weighted by Crippen LogP contribution is -2.28. The van der Waals surface area contributed by atoms with Crippen LogP contribution < -0.4 is 5.32 Å². The number of hydrogen-bond donors (Lipinski definition) is 1. The van der Waals surface area contributed by atoms with Crippen molar-refractivity contribution in [3.8, 4) is 6.07 Å². The summed E-state index contributed by atoms with van der Waals surface area (Å²) in [6, 6.07) is 12.8. The van der Waals surface area contributed by atoms with Crippen LogP contribution in [0.5, 0.6) is 0 Å². The second-order valence-electron chi connectivity index (χ2n) is 4.43. The zero-order chi connectivity index (χ0) is 13.8. The van der Waals surface area contributed by atoms with E-state index in [4.69, 9.17) is 5.26 Å². The standard InChI is InChI=1S/C15H15N3O/c1-11(13-7-5-12(10-16)6-8-13)17-15(19)14-4-3-9-18(14)2/h3-9,11H,1-2H3,(H,17,19). The van der Waals surface area contributed by atoms with Gasteiger partial charge in [-0.1, -0.05) is 12.1 Å². The van der Waals surface area contributed by atoms with Crippen molar-refractivity contribution in [2.45, 2.75) is 13.0 Å². The number of nitrogens with zero attached hydrogens (tertiary/aromatic N) is 2. The van der Waals surface area contributed by atoms with E-state index >= 15 is 0 Å². The van der Waals surface area contributed by atoms with Crippen molar-refractivity contribution in [1.29, 1.82) is 5.26 Å². The predicted octanol–water partition coefficient (Wildman–Crippen LogP) is 2.39. The van der Waals surface area contributed by atoms with E-state index < -0.39 is 0 Å². The number of benzene rings is 1. The van der Waals surface area contributed by atoms with Gasteiger partial charge in [0.2, 0.25) is 0 Å². The number of nitrogens with one attached hydrogen (secondary N) is 1. The van der Waals surface area contributed by atoms with E-state index in [1.165, 1.54) is 0 Å². The van der Waals surface area contributed by atoms with Gasteiger partial charge in [0.25, 0.3) is 5.91 Å². The van der Waals surface area contributed by atoms with Gasteiger partial charge in [-0.3, -0.25) is 4.79 Å². The quantitative estimate of drug-likeness (QED) is 0.913. The molecule has 0 aliphatic carbocycles. The van der Waals surface area contributed by atoms with Gasteiger partial charge >= 0.3 is 0 Å². The average Bonchev–Trinajstić information content (AvgIpc) is 2.85. The number of carbonyl (C=O) groups is 1. The van der Waals surface area contributed by atoms with Gasteiger partial charge in [0.05, 0.1) is 17.7 Å². The molecule has 4 heteroatoms. The summed E-state index contributed by atoms with van der Waals surface area (Å²) in [7, 11) is 1.83. The number of amides is 1. The lowest BCUT2D eigenvalue weighted by molar-refractivity contribution is 0.0931. The van der Waals surface area contributed by atoms with E-state index in [9.17, 15) is 4.79 Å². The Morgan fingerprint density at radius 2 is 2.00 bits per heavy atom. The van der Waals surface area contributed by atoms with E-state index in [0.29, 0.717) is 11.3 Å². The van der Waals surface area contributed by atoms with Crippen molar-refractivity contribution in [2.24, 2.45) is 7.05 Å². The molecule has 0 bridgehead atoms. The van der Waals surface area contributed by atoms with Gasteiger partial charge in [-0.2, -0.15) is 5.26 Å². The Balaban J connectivity index is 2.08. The number of aromatic nitrogens is 1. The summed E-state index contributed by atoms with van der Waals surface area (Å²) < 4.78 is 1.78. The van der Waals surface area contributed by atoms with E-state index in [1.807, 2.05) is 38.4 Å². The molecule has 0 radical (unpaired) electrons. The molecule has 0 fully saturated rings. The highest BCUT2D eigenvalue weighted by molar-refractivity contribution is 5.92. The molecule has 1 aromatic heterocycles. The van der Waals surface area contributed by atoms with Crippen LogP contribution >= 0.6 is 0 Å². The minimum absolute atomic E-state index is 0.102. The third kappa shape index (κ3) is 2.83. The molecule has 2 aromatic rings. The van der Waals surface area contributed by atoms with Gasteiger partial charge in [0.1, 0.15) is 5.69 Å². The Hall–Kier alpha value is -2.54. The van der Waals surface area contributed by atoms with Crippen molar-refractivity contribution in [2.75, 3.05) is 0 Å². The normalized spacial score (nSPS) is 11.6. The highest BCUT2D eigenvalue weighted by atomic mass is 16.2. The number of nitriles is 1. The zero-order valence-corrected chi connectivity index (χ0v) is 10.9. The van der Waals surface area contributed by atoms with Gasteiger partial charge in [0, 0.05) is 13.2 Å². The molecule has 96 valence electrons. The largest absolute Gasteiger partial charge is 0.347 e. The van der Waals surface area contributed by atoms with E-state index in [1.54, 1.807) is 22.8 Å². The van der Waals surface area contributed by atoms with E-state index in [0.717, 1.165) is 5.56 Å². The van der Waals surface area contributed by atoms with Gasteiger partial charge in [-0.25, -0.2) is 0 Å². The average molecular weight is 253 g/mol. The third-order valence-electron chi connectivity index (χ3n) is 3.06. The van der Waals surface area contributed by atoms with E-state index in [2.05, 4.69) is 11.4 Å². The first-order valence-corrected chi connectivity index (χ1v) is 6.04. The van der Waals surface area contributed by atoms with E-state index in [-0.39, 0.29) is 11.9 Å². The summed E-state index contributed by atoms with van der Waals surface area (Å²) in [6.07, 6.45) is 1.83. The number of carbonyl (C=O) groups excluding carboxylic acids is 1. The summed E-state index contributed by atoms with van der Waals surface area (Å²) in [4.78, 5) is 12.0. The maximum absolute atomic E-state index is 12.0. The summed E-state index contributed by atoms with van der Waals surface area (Å²) in [5.74, 6) is -0.107. The van der Waals surface area contributed by atoms with Crippen LogP contribution in [0.3, 0.4) is 0 Å². The monoisotopic (exact) mass is 253 g/mol. The molecule has 1 aromatic carbocycles. The maximum atomic E-state index is 12.0. The van der Waals surface area contributed by atoms with Crippen molar-refractivity contribution >= 4 is 5.91 Å². The summed E-state index contributed by atoms with van der Waals surface area (Å²) in [5, 5.41) is 11.7. The van der Waals surface area contributed by atoms with Crippen molar-refractivity contribution in [1.82, 2.24) is 9.88 Å². The van der Waals surface area contributed by atoms with Crippen LogP contribution in [-0.4, -0.2) is 10.5 Å². The van der Waals surface area contributed by atoms with Gasteiger partial charge in [0.15, 0.2) is 0 Å². The molecule has 1 heterocycles. The van der Waals surface area contributed by atoms with Crippen LogP contribution in [-0.2, 0) is 7.05 Å². The summed E-state index contributed by atoms with van der Waals surface area (Å²) in [5.41, 5.74) is 2.21. The fourth-order valence-corrected chi connectivity index (χ4v) is 1.90. The van der Waals surface area contributed by atoms with Crippen molar-refractivity contribution in [3.05, 3.63) is 59.4 Å². The molecule has 1 unspecified atom stereocenters.